The predicted molar refractivity (Wildman–Crippen MR) is 128 cm³/mol. The van der Waals surface area contributed by atoms with E-state index in [-0.39, 0.29) is 31.0 Å². The summed E-state index contributed by atoms with van der Waals surface area (Å²) in [6.45, 7) is 5.86. The minimum absolute atomic E-state index is 0.126. The Balaban J connectivity index is 1.73. The van der Waals surface area contributed by atoms with Crippen LogP contribution in [0.1, 0.15) is 55.7 Å². The molecule has 0 heterocycles. The lowest BCUT2D eigenvalue weighted by Gasteiger charge is -2.31. The van der Waals surface area contributed by atoms with Gasteiger partial charge in [0.25, 0.3) is 5.91 Å². The molecule has 1 aliphatic rings. The van der Waals surface area contributed by atoms with Crippen LogP contribution in [0.25, 0.3) is 0 Å². The number of rotatable bonds is 8. The highest BCUT2D eigenvalue weighted by molar-refractivity contribution is 6.30. The predicted octanol–water partition coefficient (Wildman–Crippen LogP) is 5.20. The maximum absolute atomic E-state index is 13.2. The number of halogens is 1. The van der Waals surface area contributed by atoms with E-state index in [1.807, 2.05) is 50.2 Å². The van der Waals surface area contributed by atoms with E-state index in [4.69, 9.17) is 16.3 Å². The molecule has 172 valence electrons. The van der Waals surface area contributed by atoms with Gasteiger partial charge in [0.1, 0.15) is 11.8 Å². The van der Waals surface area contributed by atoms with E-state index in [0.717, 1.165) is 42.4 Å². The van der Waals surface area contributed by atoms with Crippen molar-refractivity contribution in [3.63, 3.8) is 0 Å². The van der Waals surface area contributed by atoms with Gasteiger partial charge in [0.05, 0.1) is 0 Å². The van der Waals surface area contributed by atoms with Crippen LogP contribution >= 0.6 is 11.6 Å². The van der Waals surface area contributed by atoms with Gasteiger partial charge in [-0.15, -0.1) is 0 Å². The summed E-state index contributed by atoms with van der Waals surface area (Å²) in [5.74, 6) is 0.316. The molecule has 0 bridgehead atoms. The zero-order valence-electron chi connectivity index (χ0n) is 19.2. The molecule has 1 aliphatic carbocycles. The van der Waals surface area contributed by atoms with Crippen molar-refractivity contribution < 1.29 is 14.3 Å². The molecule has 0 saturated heterocycles. The molecule has 0 radical (unpaired) electrons. The zero-order valence-corrected chi connectivity index (χ0v) is 20.0. The van der Waals surface area contributed by atoms with Crippen LogP contribution in [-0.4, -0.2) is 35.4 Å². The first kappa shape index (κ1) is 24.1. The molecule has 2 amide bonds. The van der Waals surface area contributed by atoms with Crippen molar-refractivity contribution in [2.75, 3.05) is 6.61 Å². The van der Waals surface area contributed by atoms with Gasteiger partial charge < -0.3 is 15.0 Å². The van der Waals surface area contributed by atoms with E-state index < -0.39 is 6.04 Å². The largest absolute Gasteiger partial charge is 0.483 e. The number of nitrogens with one attached hydrogen (secondary N) is 1. The van der Waals surface area contributed by atoms with E-state index in [1.165, 1.54) is 6.42 Å². The Morgan fingerprint density at radius 2 is 1.88 bits per heavy atom. The van der Waals surface area contributed by atoms with E-state index in [2.05, 4.69) is 5.32 Å². The molecule has 1 atom stereocenters. The second-order valence-electron chi connectivity index (χ2n) is 8.73. The third-order valence-electron chi connectivity index (χ3n) is 6.06. The number of hydrogen-bond acceptors (Lipinski definition) is 3. The molecule has 0 unspecified atom stereocenters. The number of amides is 2. The van der Waals surface area contributed by atoms with Gasteiger partial charge in [-0.25, -0.2) is 0 Å². The van der Waals surface area contributed by atoms with Gasteiger partial charge in [-0.1, -0.05) is 55.1 Å². The summed E-state index contributed by atoms with van der Waals surface area (Å²) < 4.78 is 5.85. The van der Waals surface area contributed by atoms with E-state index in [0.29, 0.717) is 10.8 Å². The minimum Gasteiger partial charge on any atom is -0.483 e. The summed E-state index contributed by atoms with van der Waals surface area (Å²) in [7, 11) is 0. The van der Waals surface area contributed by atoms with Crippen LogP contribution in [0.2, 0.25) is 5.02 Å². The van der Waals surface area contributed by atoms with Crippen molar-refractivity contribution in [1.29, 1.82) is 0 Å². The highest BCUT2D eigenvalue weighted by atomic mass is 35.5. The Morgan fingerprint density at radius 1 is 1.12 bits per heavy atom. The van der Waals surface area contributed by atoms with Crippen molar-refractivity contribution in [2.45, 2.75) is 71.5 Å². The van der Waals surface area contributed by atoms with Gasteiger partial charge in [-0.2, -0.15) is 0 Å². The van der Waals surface area contributed by atoms with Gasteiger partial charge in [0.2, 0.25) is 5.91 Å². The molecule has 0 aromatic heterocycles. The summed E-state index contributed by atoms with van der Waals surface area (Å²) in [5, 5.41) is 3.74. The fourth-order valence-electron chi connectivity index (χ4n) is 4.07. The lowest BCUT2D eigenvalue weighted by Crippen LogP contribution is -2.51. The molecule has 1 N–H and O–H groups in total. The summed E-state index contributed by atoms with van der Waals surface area (Å²) >= 11 is 6.14. The fourth-order valence-corrected chi connectivity index (χ4v) is 4.28. The maximum atomic E-state index is 13.2. The number of ether oxygens (including phenoxy) is 1. The second-order valence-corrected chi connectivity index (χ2v) is 9.17. The number of aryl methyl sites for hydroxylation is 2. The summed E-state index contributed by atoms with van der Waals surface area (Å²) in [6, 6.07) is 12.8. The van der Waals surface area contributed by atoms with Gasteiger partial charge in [-0.05, 0) is 68.5 Å². The van der Waals surface area contributed by atoms with E-state index >= 15 is 0 Å². The molecule has 0 spiro atoms. The van der Waals surface area contributed by atoms with Gasteiger partial charge in [-0.3, -0.25) is 9.59 Å². The number of carbonyl (C=O) groups is 2. The van der Waals surface area contributed by atoms with Crippen LogP contribution in [0, 0.1) is 13.8 Å². The van der Waals surface area contributed by atoms with Crippen molar-refractivity contribution in [2.24, 2.45) is 0 Å². The first-order chi connectivity index (χ1) is 15.3. The van der Waals surface area contributed by atoms with Crippen LogP contribution in [0.5, 0.6) is 5.75 Å². The van der Waals surface area contributed by atoms with Gasteiger partial charge in [0.15, 0.2) is 6.61 Å². The van der Waals surface area contributed by atoms with Gasteiger partial charge in [0, 0.05) is 17.6 Å². The van der Waals surface area contributed by atoms with Crippen molar-refractivity contribution in [1.82, 2.24) is 10.2 Å². The van der Waals surface area contributed by atoms with Crippen LogP contribution in [0.15, 0.2) is 42.5 Å². The first-order valence-electron chi connectivity index (χ1n) is 11.4. The highest BCUT2D eigenvalue weighted by Crippen LogP contribution is 2.21. The topological polar surface area (TPSA) is 58.6 Å². The number of benzene rings is 2. The molecule has 2 aromatic rings. The molecule has 3 rings (SSSR count). The minimum atomic E-state index is -0.620. The molecular weight excluding hydrogens is 424 g/mol. The number of nitrogens with zero attached hydrogens (tertiary/aromatic N) is 1. The number of carbonyl (C=O) groups excluding carboxylic acids is 2. The van der Waals surface area contributed by atoms with E-state index in [1.54, 1.807) is 17.9 Å². The Bertz CT molecular complexity index is 940. The Morgan fingerprint density at radius 3 is 2.59 bits per heavy atom. The Hall–Kier alpha value is -2.53. The Labute approximate surface area is 196 Å². The SMILES string of the molecule is Cc1ccc(C)c(OCC(=O)N(Cc2cccc(Cl)c2)[C@H](C)C(=O)NC2CCCCC2)c1. The van der Waals surface area contributed by atoms with Crippen LogP contribution in [-0.2, 0) is 16.1 Å². The Kier molecular flexibility index (Phi) is 8.57. The molecule has 0 aliphatic heterocycles. The lowest BCUT2D eigenvalue weighted by molar-refractivity contribution is -0.142. The first-order valence-corrected chi connectivity index (χ1v) is 11.8. The average Bonchev–Trinajstić information content (AvgIpc) is 2.78. The third-order valence-corrected chi connectivity index (χ3v) is 6.29. The molecule has 32 heavy (non-hydrogen) atoms. The van der Waals surface area contributed by atoms with Crippen molar-refractivity contribution >= 4 is 23.4 Å². The molecule has 6 heteroatoms. The molecule has 2 aromatic carbocycles. The average molecular weight is 457 g/mol. The lowest BCUT2D eigenvalue weighted by atomic mass is 9.95. The normalized spacial score (nSPS) is 15.1. The maximum Gasteiger partial charge on any atom is 0.261 e. The highest BCUT2D eigenvalue weighted by Gasteiger charge is 2.28. The van der Waals surface area contributed by atoms with Crippen molar-refractivity contribution in [3.8, 4) is 5.75 Å². The summed E-state index contributed by atoms with van der Waals surface area (Å²) in [6.07, 6.45) is 5.48. The van der Waals surface area contributed by atoms with E-state index in [9.17, 15) is 9.59 Å². The standard InChI is InChI=1S/C26H33ClN2O3/c1-18-12-13-19(2)24(14-18)32-17-25(30)29(16-21-8-7-9-22(27)15-21)20(3)26(31)28-23-10-5-4-6-11-23/h7-9,12-15,20,23H,4-6,10-11,16-17H2,1-3H3,(H,28,31)/t20-/m1/s1. The monoisotopic (exact) mass is 456 g/mol. The molecule has 5 nitrogen and oxygen atoms in total. The molecule has 1 fully saturated rings. The van der Waals surface area contributed by atoms with Crippen LogP contribution < -0.4 is 10.1 Å². The molecule has 1 saturated carbocycles. The molecular formula is C26H33ClN2O3. The fraction of sp³-hybridized carbons (Fsp3) is 0.462. The van der Waals surface area contributed by atoms with Gasteiger partial charge >= 0.3 is 0 Å². The zero-order chi connectivity index (χ0) is 23.1. The van der Waals surface area contributed by atoms with Crippen molar-refractivity contribution in [3.05, 3.63) is 64.2 Å². The summed E-state index contributed by atoms with van der Waals surface area (Å²) in [5.41, 5.74) is 2.90. The summed E-state index contributed by atoms with van der Waals surface area (Å²) in [4.78, 5) is 27.8. The third kappa shape index (κ3) is 6.73. The quantitative estimate of drug-likeness (QED) is 0.593. The van der Waals surface area contributed by atoms with Crippen LogP contribution in [0.3, 0.4) is 0 Å². The second kappa shape index (κ2) is 11.4. The smallest absolute Gasteiger partial charge is 0.261 e. The van der Waals surface area contributed by atoms with Crippen LogP contribution in [0.4, 0.5) is 0 Å². The number of hydrogen-bond donors (Lipinski definition) is 1.